The summed E-state index contributed by atoms with van der Waals surface area (Å²) in [4.78, 5) is 23.8. The number of amides is 1. The summed E-state index contributed by atoms with van der Waals surface area (Å²) in [5, 5.41) is 2.87. The molecule has 1 aliphatic carbocycles. The lowest BCUT2D eigenvalue weighted by atomic mass is 9.97. The minimum absolute atomic E-state index is 0.00708. The second-order valence-electron chi connectivity index (χ2n) is 5.74. The molecule has 21 heavy (non-hydrogen) atoms. The Labute approximate surface area is 125 Å². The van der Waals surface area contributed by atoms with E-state index in [1.165, 1.54) is 0 Å². The maximum atomic E-state index is 12.2. The zero-order chi connectivity index (χ0) is 15.4. The molecule has 1 amide bonds. The lowest BCUT2D eigenvalue weighted by molar-refractivity contribution is -0.154. The summed E-state index contributed by atoms with van der Waals surface area (Å²) in [5.41, 5.74) is 1.90. The highest BCUT2D eigenvalue weighted by Gasteiger charge is 2.33. The van der Waals surface area contributed by atoms with Gasteiger partial charge in [-0.25, -0.2) is 0 Å². The fourth-order valence-electron chi connectivity index (χ4n) is 2.14. The van der Waals surface area contributed by atoms with Crippen LogP contribution in [0.4, 0.5) is 5.69 Å². The Hall–Kier alpha value is -1.84. The summed E-state index contributed by atoms with van der Waals surface area (Å²) in [7, 11) is 0. The average molecular weight is 289 g/mol. The fourth-order valence-corrected chi connectivity index (χ4v) is 2.14. The molecule has 0 aromatic heterocycles. The normalized spacial score (nSPS) is 16.9. The molecule has 4 nitrogen and oxygen atoms in total. The molecular weight excluding hydrogens is 266 g/mol. The van der Waals surface area contributed by atoms with Crippen LogP contribution in [0.3, 0.4) is 0 Å². The summed E-state index contributed by atoms with van der Waals surface area (Å²) >= 11 is 0. The van der Waals surface area contributed by atoms with Crippen molar-refractivity contribution in [3.8, 4) is 0 Å². The summed E-state index contributed by atoms with van der Waals surface area (Å²) in [6.07, 6.45) is 2.00. The highest BCUT2D eigenvalue weighted by molar-refractivity contribution is 5.96. The van der Waals surface area contributed by atoms with E-state index in [2.05, 4.69) is 19.2 Å². The van der Waals surface area contributed by atoms with Crippen LogP contribution >= 0.6 is 0 Å². The maximum absolute atomic E-state index is 12.2. The Kier molecular flexibility index (Phi) is 4.99. The van der Waals surface area contributed by atoms with E-state index < -0.39 is 6.10 Å². The third-order valence-corrected chi connectivity index (χ3v) is 3.93. The number of anilines is 1. The fraction of sp³-hybridized carbons (Fsp3) is 0.529. The maximum Gasteiger partial charge on any atom is 0.309 e. The number of esters is 1. The summed E-state index contributed by atoms with van der Waals surface area (Å²) in [6.45, 7) is 5.85. The van der Waals surface area contributed by atoms with E-state index in [-0.39, 0.29) is 17.8 Å². The summed E-state index contributed by atoms with van der Waals surface area (Å²) < 4.78 is 5.18. The number of rotatable bonds is 6. The van der Waals surface area contributed by atoms with Crippen LogP contribution in [0.2, 0.25) is 0 Å². The number of para-hydroxylation sites is 1. The van der Waals surface area contributed by atoms with E-state index in [1.54, 1.807) is 6.92 Å². The van der Waals surface area contributed by atoms with Gasteiger partial charge in [-0.15, -0.1) is 0 Å². The van der Waals surface area contributed by atoms with Gasteiger partial charge in [-0.2, -0.15) is 0 Å². The van der Waals surface area contributed by atoms with Gasteiger partial charge in [-0.1, -0.05) is 32.0 Å². The Morgan fingerprint density at radius 1 is 1.29 bits per heavy atom. The number of carbonyl (C=O) groups is 2. The molecule has 0 bridgehead atoms. The second-order valence-corrected chi connectivity index (χ2v) is 5.74. The van der Waals surface area contributed by atoms with Gasteiger partial charge >= 0.3 is 5.97 Å². The minimum Gasteiger partial charge on any atom is -0.452 e. The minimum atomic E-state index is -0.761. The van der Waals surface area contributed by atoms with Gasteiger partial charge in [-0.05, 0) is 43.7 Å². The first kappa shape index (κ1) is 15.5. The highest BCUT2D eigenvalue weighted by atomic mass is 16.5. The molecule has 0 unspecified atom stereocenters. The highest BCUT2D eigenvalue weighted by Crippen LogP contribution is 2.31. The van der Waals surface area contributed by atoms with Crippen LogP contribution in [0.5, 0.6) is 0 Å². The van der Waals surface area contributed by atoms with Crippen molar-refractivity contribution in [3.63, 3.8) is 0 Å². The van der Waals surface area contributed by atoms with Crippen molar-refractivity contribution in [1.82, 2.24) is 0 Å². The first-order valence-electron chi connectivity index (χ1n) is 7.63. The first-order chi connectivity index (χ1) is 10.0. The molecule has 0 heterocycles. The number of hydrogen-bond acceptors (Lipinski definition) is 3. The van der Waals surface area contributed by atoms with Crippen molar-refractivity contribution in [3.05, 3.63) is 29.8 Å². The predicted molar refractivity (Wildman–Crippen MR) is 82.1 cm³/mol. The Balaban J connectivity index is 2.00. The molecule has 0 spiro atoms. The van der Waals surface area contributed by atoms with Crippen molar-refractivity contribution in [2.75, 3.05) is 5.32 Å². The largest absolute Gasteiger partial charge is 0.452 e. The number of carbonyl (C=O) groups excluding carboxylic acids is 2. The smallest absolute Gasteiger partial charge is 0.309 e. The number of benzene rings is 1. The van der Waals surface area contributed by atoms with E-state index in [0.29, 0.717) is 5.92 Å². The van der Waals surface area contributed by atoms with Crippen LogP contribution in [-0.4, -0.2) is 18.0 Å². The van der Waals surface area contributed by atoms with Crippen molar-refractivity contribution in [2.24, 2.45) is 5.92 Å². The van der Waals surface area contributed by atoms with Crippen molar-refractivity contribution in [2.45, 2.75) is 52.1 Å². The van der Waals surface area contributed by atoms with Crippen molar-refractivity contribution < 1.29 is 14.3 Å². The number of hydrogen-bond donors (Lipinski definition) is 1. The molecule has 0 aliphatic heterocycles. The van der Waals surface area contributed by atoms with Gasteiger partial charge in [0.05, 0.1) is 5.92 Å². The molecule has 1 fully saturated rings. The molecule has 1 saturated carbocycles. The van der Waals surface area contributed by atoms with Crippen LogP contribution in [0.15, 0.2) is 24.3 Å². The van der Waals surface area contributed by atoms with Gasteiger partial charge in [0, 0.05) is 5.69 Å². The van der Waals surface area contributed by atoms with Crippen LogP contribution in [0, 0.1) is 5.92 Å². The lowest BCUT2D eigenvalue weighted by Gasteiger charge is -2.18. The van der Waals surface area contributed by atoms with E-state index in [4.69, 9.17) is 4.74 Å². The van der Waals surface area contributed by atoms with Gasteiger partial charge in [0.1, 0.15) is 0 Å². The lowest BCUT2D eigenvalue weighted by Crippen LogP contribution is -2.30. The van der Waals surface area contributed by atoms with Crippen molar-refractivity contribution in [1.29, 1.82) is 0 Å². The molecule has 1 aromatic carbocycles. The summed E-state index contributed by atoms with van der Waals surface area (Å²) in [5.74, 6) is -0.161. The Morgan fingerprint density at radius 2 is 1.95 bits per heavy atom. The zero-order valence-electron chi connectivity index (χ0n) is 12.9. The van der Waals surface area contributed by atoms with E-state index in [0.717, 1.165) is 30.5 Å². The molecule has 1 aliphatic rings. The number of nitrogens with one attached hydrogen (secondary N) is 1. The molecule has 1 N–H and O–H groups in total. The van der Waals surface area contributed by atoms with Crippen molar-refractivity contribution >= 4 is 17.6 Å². The zero-order valence-corrected chi connectivity index (χ0v) is 12.9. The second kappa shape index (κ2) is 6.74. The Bertz CT molecular complexity index is 523. The molecule has 2 rings (SSSR count). The molecule has 4 heteroatoms. The third kappa shape index (κ3) is 4.06. The first-order valence-corrected chi connectivity index (χ1v) is 7.63. The van der Waals surface area contributed by atoms with Crippen LogP contribution in [0.25, 0.3) is 0 Å². The molecule has 2 atom stereocenters. The van der Waals surface area contributed by atoms with E-state index in [1.807, 2.05) is 24.3 Å². The summed E-state index contributed by atoms with van der Waals surface area (Å²) in [6, 6.07) is 7.76. The predicted octanol–water partition coefficient (Wildman–Crippen LogP) is 3.48. The molecule has 0 saturated heterocycles. The van der Waals surface area contributed by atoms with Crippen LogP contribution in [0.1, 0.15) is 51.5 Å². The van der Waals surface area contributed by atoms with Crippen LogP contribution in [-0.2, 0) is 14.3 Å². The molecule has 0 radical (unpaired) electrons. The SMILES string of the molecule is CC[C@H](C)c1ccccc1NC(=O)[C@H](C)OC(=O)C1CC1. The topological polar surface area (TPSA) is 55.4 Å². The quantitative estimate of drug-likeness (QED) is 0.816. The molecular formula is C17H23NO3. The Morgan fingerprint density at radius 3 is 2.57 bits per heavy atom. The van der Waals surface area contributed by atoms with E-state index in [9.17, 15) is 9.59 Å². The van der Waals surface area contributed by atoms with Gasteiger partial charge in [0.25, 0.3) is 5.91 Å². The standard InChI is InChI=1S/C17H23NO3/c1-4-11(2)14-7-5-6-8-15(14)18-16(19)12(3)21-17(20)13-9-10-13/h5-8,11-13H,4,9-10H2,1-3H3,(H,18,19)/t11-,12-/m0/s1. The molecule has 1 aromatic rings. The monoisotopic (exact) mass is 289 g/mol. The van der Waals surface area contributed by atoms with E-state index >= 15 is 0 Å². The number of ether oxygens (including phenoxy) is 1. The van der Waals surface area contributed by atoms with Crippen LogP contribution < -0.4 is 5.32 Å². The third-order valence-electron chi connectivity index (χ3n) is 3.93. The average Bonchev–Trinajstić information content (AvgIpc) is 3.31. The van der Waals surface area contributed by atoms with Gasteiger partial charge in [-0.3, -0.25) is 9.59 Å². The van der Waals surface area contributed by atoms with Gasteiger partial charge < -0.3 is 10.1 Å². The molecule has 114 valence electrons. The van der Waals surface area contributed by atoms with Gasteiger partial charge in [0.15, 0.2) is 6.10 Å². The van der Waals surface area contributed by atoms with Gasteiger partial charge in [0.2, 0.25) is 0 Å².